The van der Waals surface area contributed by atoms with Gasteiger partial charge in [-0.25, -0.2) is 4.39 Å². The number of carbonyl (C=O) groups is 1. The van der Waals surface area contributed by atoms with Crippen molar-refractivity contribution in [2.45, 2.75) is 6.42 Å². The molecule has 20 heavy (non-hydrogen) atoms. The van der Waals surface area contributed by atoms with Gasteiger partial charge in [0.2, 0.25) is 0 Å². The number of rotatable bonds is 7. The van der Waals surface area contributed by atoms with Crippen LogP contribution in [0.1, 0.15) is 16.8 Å². The second-order valence-electron chi connectivity index (χ2n) is 4.10. The lowest BCUT2D eigenvalue weighted by Gasteiger charge is -2.22. The summed E-state index contributed by atoms with van der Waals surface area (Å²) >= 11 is 7.91. The van der Waals surface area contributed by atoms with Gasteiger partial charge in [-0.15, -0.1) is 0 Å². The maximum Gasteiger partial charge on any atom is 0.255 e. The fraction of sp³-hybridized carbons (Fsp3) is 0.385. The second-order valence-corrected chi connectivity index (χ2v) is 5.42. The maximum atomic E-state index is 13.5. The number of nitrogens with zero attached hydrogens (tertiary/aromatic N) is 1. The van der Waals surface area contributed by atoms with Gasteiger partial charge in [0.1, 0.15) is 5.82 Å². The van der Waals surface area contributed by atoms with E-state index in [1.165, 1.54) is 12.1 Å². The third-order valence-electron chi connectivity index (χ3n) is 2.66. The monoisotopic (exact) mass is 362 g/mol. The van der Waals surface area contributed by atoms with Crippen LogP contribution < -0.4 is 5.73 Å². The first-order valence-electron chi connectivity index (χ1n) is 5.98. The third kappa shape index (κ3) is 4.81. The molecule has 1 amide bonds. The van der Waals surface area contributed by atoms with E-state index >= 15 is 0 Å². The molecule has 0 unspecified atom stereocenters. The summed E-state index contributed by atoms with van der Waals surface area (Å²) in [4.78, 5) is 14.3. The standard InChI is InChI=1S/C13H16BrFN2O2S/c1-19-8-7-17(6-5-11(16)20)13(18)9-3-2-4-10(15)12(9)14/h2-4H,5-8H2,1H3,(H2,16,20). The molecule has 0 bridgehead atoms. The Balaban J connectivity index is 2.90. The predicted octanol–water partition coefficient (Wildman–Crippen LogP) is 2.35. The summed E-state index contributed by atoms with van der Waals surface area (Å²) in [6, 6.07) is 4.35. The summed E-state index contributed by atoms with van der Waals surface area (Å²) in [6.07, 6.45) is 0.414. The molecule has 0 saturated heterocycles. The number of ether oxygens (including phenoxy) is 1. The summed E-state index contributed by atoms with van der Waals surface area (Å²) in [5, 5.41) is 0. The number of amides is 1. The fourth-order valence-electron chi connectivity index (χ4n) is 1.60. The number of hydrogen-bond donors (Lipinski definition) is 1. The van der Waals surface area contributed by atoms with Gasteiger partial charge in [-0.2, -0.15) is 0 Å². The van der Waals surface area contributed by atoms with Crippen LogP contribution >= 0.6 is 28.1 Å². The normalized spacial score (nSPS) is 10.3. The van der Waals surface area contributed by atoms with Gasteiger partial charge in [0.05, 0.1) is 21.6 Å². The first-order chi connectivity index (χ1) is 9.47. The number of methoxy groups -OCH3 is 1. The van der Waals surface area contributed by atoms with Gasteiger partial charge in [-0.3, -0.25) is 4.79 Å². The molecule has 1 aromatic carbocycles. The Morgan fingerprint density at radius 1 is 1.50 bits per heavy atom. The molecule has 0 saturated carbocycles. The lowest BCUT2D eigenvalue weighted by molar-refractivity contribution is 0.0700. The molecule has 0 heterocycles. The van der Waals surface area contributed by atoms with E-state index in [1.54, 1.807) is 18.1 Å². The van der Waals surface area contributed by atoms with Crippen LogP contribution in [0.5, 0.6) is 0 Å². The lowest BCUT2D eigenvalue weighted by atomic mass is 10.2. The molecule has 4 nitrogen and oxygen atoms in total. The van der Waals surface area contributed by atoms with Gasteiger partial charge in [-0.1, -0.05) is 18.3 Å². The molecular formula is C13H16BrFN2O2S. The number of carbonyl (C=O) groups excluding carboxylic acids is 1. The Bertz CT molecular complexity index is 499. The molecule has 0 atom stereocenters. The summed E-state index contributed by atoms with van der Waals surface area (Å²) in [7, 11) is 1.55. The largest absolute Gasteiger partial charge is 0.393 e. The van der Waals surface area contributed by atoms with Gasteiger partial charge in [0.15, 0.2) is 0 Å². The minimum atomic E-state index is -0.475. The van der Waals surface area contributed by atoms with E-state index in [2.05, 4.69) is 15.9 Å². The second kappa shape index (κ2) is 8.28. The summed E-state index contributed by atoms with van der Waals surface area (Å²) in [5.41, 5.74) is 5.72. The van der Waals surface area contributed by atoms with Crippen LogP contribution in [0, 0.1) is 5.82 Å². The number of halogens is 2. The van der Waals surface area contributed by atoms with Crippen LogP contribution in [0.4, 0.5) is 4.39 Å². The van der Waals surface area contributed by atoms with Crippen LogP contribution in [0.25, 0.3) is 0 Å². The molecule has 0 fully saturated rings. The SMILES string of the molecule is COCCN(CCC(N)=S)C(=O)c1cccc(F)c1Br. The summed E-state index contributed by atoms with van der Waals surface area (Å²) in [5.74, 6) is -0.762. The van der Waals surface area contributed by atoms with E-state index in [1.807, 2.05) is 0 Å². The van der Waals surface area contributed by atoms with Crippen LogP contribution in [0.3, 0.4) is 0 Å². The smallest absolute Gasteiger partial charge is 0.255 e. The van der Waals surface area contributed by atoms with Crippen LogP contribution in [0.15, 0.2) is 22.7 Å². The molecule has 0 radical (unpaired) electrons. The van der Waals surface area contributed by atoms with Gasteiger partial charge in [0.25, 0.3) is 5.91 Å². The molecule has 0 aliphatic heterocycles. The first-order valence-corrected chi connectivity index (χ1v) is 7.18. The average Bonchev–Trinajstić information content (AvgIpc) is 2.41. The lowest BCUT2D eigenvalue weighted by Crippen LogP contribution is -2.36. The molecular weight excluding hydrogens is 347 g/mol. The minimum absolute atomic E-state index is 0.155. The van der Waals surface area contributed by atoms with E-state index in [0.29, 0.717) is 31.1 Å². The Morgan fingerprint density at radius 3 is 2.80 bits per heavy atom. The Labute approximate surface area is 131 Å². The van der Waals surface area contributed by atoms with E-state index in [-0.39, 0.29) is 15.9 Å². The number of hydrogen-bond acceptors (Lipinski definition) is 3. The molecule has 2 N–H and O–H groups in total. The molecule has 0 aromatic heterocycles. The number of benzene rings is 1. The predicted molar refractivity (Wildman–Crippen MR) is 83.3 cm³/mol. The van der Waals surface area contributed by atoms with Crippen molar-refractivity contribution in [3.8, 4) is 0 Å². The van der Waals surface area contributed by atoms with Crippen molar-refractivity contribution >= 4 is 39.0 Å². The van der Waals surface area contributed by atoms with Crippen molar-refractivity contribution < 1.29 is 13.9 Å². The Hall–Kier alpha value is -1.05. The van der Waals surface area contributed by atoms with Gasteiger partial charge in [0, 0.05) is 26.6 Å². The van der Waals surface area contributed by atoms with Crippen molar-refractivity contribution in [3.05, 3.63) is 34.1 Å². The zero-order chi connectivity index (χ0) is 15.1. The molecule has 7 heteroatoms. The fourth-order valence-corrected chi connectivity index (χ4v) is 2.13. The minimum Gasteiger partial charge on any atom is -0.393 e. The molecule has 1 rings (SSSR count). The first kappa shape index (κ1) is 17.0. The van der Waals surface area contributed by atoms with Crippen molar-refractivity contribution in [2.75, 3.05) is 26.8 Å². The van der Waals surface area contributed by atoms with Gasteiger partial charge in [-0.05, 0) is 28.1 Å². The van der Waals surface area contributed by atoms with Crippen LogP contribution in [0.2, 0.25) is 0 Å². The van der Waals surface area contributed by atoms with Crippen molar-refractivity contribution in [3.63, 3.8) is 0 Å². The molecule has 110 valence electrons. The molecule has 0 aliphatic carbocycles. The molecule has 0 spiro atoms. The van der Waals surface area contributed by atoms with Gasteiger partial charge >= 0.3 is 0 Å². The maximum absolute atomic E-state index is 13.5. The average molecular weight is 363 g/mol. The zero-order valence-corrected chi connectivity index (χ0v) is 13.5. The number of thiocarbonyl (C=S) groups is 1. The number of nitrogens with two attached hydrogens (primary N) is 1. The molecule has 0 aliphatic rings. The Kier molecular flexibility index (Phi) is 7.04. The highest BCUT2D eigenvalue weighted by molar-refractivity contribution is 9.10. The van der Waals surface area contributed by atoms with Crippen LogP contribution in [-0.2, 0) is 4.74 Å². The van der Waals surface area contributed by atoms with Crippen LogP contribution in [-0.4, -0.2) is 42.6 Å². The van der Waals surface area contributed by atoms with E-state index < -0.39 is 5.82 Å². The summed E-state index contributed by atoms with van der Waals surface area (Å²) in [6.45, 7) is 1.15. The topological polar surface area (TPSA) is 55.6 Å². The third-order valence-corrected chi connectivity index (χ3v) is 3.67. The van der Waals surface area contributed by atoms with E-state index in [4.69, 9.17) is 22.7 Å². The Morgan fingerprint density at radius 2 is 2.20 bits per heavy atom. The van der Waals surface area contributed by atoms with Crippen molar-refractivity contribution in [1.29, 1.82) is 0 Å². The highest BCUT2D eigenvalue weighted by atomic mass is 79.9. The highest BCUT2D eigenvalue weighted by Gasteiger charge is 2.19. The van der Waals surface area contributed by atoms with E-state index in [9.17, 15) is 9.18 Å². The van der Waals surface area contributed by atoms with Gasteiger partial charge < -0.3 is 15.4 Å². The van der Waals surface area contributed by atoms with E-state index in [0.717, 1.165) is 0 Å². The quantitative estimate of drug-likeness (QED) is 0.756. The zero-order valence-electron chi connectivity index (χ0n) is 11.1. The molecule has 1 aromatic rings. The van der Waals surface area contributed by atoms with Crippen molar-refractivity contribution in [2.24, 2.45) is 5.73 Å². The van der Waals surface area contributed by atoms with Crippen molar-refractivity contribution in [1.82, 2.24) is 4.90 Å². The summed E-state index contributed by atoms with van der Waals surface area (Å²) < 4.78 is 18.6. The highest BCUT2D eigenvalue weighted by Crippen LogP contribution is 2.22.